The largest absolute Gasteiger partial charge is 0.489 e. The Balaban J connectivity index is 1.57. The van der Waals surface area contributed by atoms with Gasteiger partial charge in [-0.2, -0.15) is 4.98 Å². The molecule has 1 aromatic heterocycles. The first-order valence-corrected chi connectivity index (χ1v) is 13.9. The summed E-state index contributed by atoms with van der Waals surface area (Å²) in [5.41, 5.74) is 4.58. The number of anilines is 1. The van der Waals surface area contributed by atoms with E-state index < -0.39 is 12.0 Å². The van der Waals surface area contributed by atoms with Gasteiger partial charge >= 0.3 is 5.97 Å². The summed E-state index contributed by atoms with van der Waals surface area (Å²) in [7, 11) is 0. The number of rotatable bonds is 10. The van der Waals surface area contributed by atoms with Crippen molar-refractivity contribution in [2.24, 2.45) is 0 Å². The molecule has 2 heterocycles. The summed E-state index contributed by atoms with van der Waals surface area (Å²) in [6, 6.07) is 15.8. The van der Waals surface area contributed by atoms with Crippen LogP contribution >= 0.6 is 11.8 Å². The topological polar surface area (TPSA) is 78.3 Å². The molecule has 1 aliphatic rings. The van der Waals surface area contributed by atoms with Crippen LogP contribution in [-0.4, -0.2) is 33.1 Å². The summed E-state index contributed by atoms with van der Waals surface area (Å²) in [4.78, 5) is 17.7. The van der Waals surface area contributed by atoms with Gasteiger partial charge in [-0.25, -0.2) is 9.48 Å². The second kappa shape index (κ2) is 11.9. The number of carbonyl (C=O) groups is 1. The van der Waals surface area contributed by atoms with Gasteiger partial charge in [-0.15, -0.1) is 5.10 Å². The van der Waals surface area contributed by atoms with E-state index in [9.17, 15) is 4.79 Å². The summed E-state index contributed by atoms with van der Waals surface area (Å²) in [6.07, 6.45) is 2.58. The highest BCUT2D eigenvalue weighted by atomic mass is 32.2. The minimum Gasteiger partial charge on any atom is -0.489 e. The molecule has 7 nitrogen and oxygen atoms in total. The van der Waals surface area contributed by atoms with Gasteiger partial charge in [0.15, 0.2) is 0 Å². The fraction of sp³-hybridized carbons (Fsp3) is 0.367. The van der Waals surface area contributed by atoms with Crippen LogP contribution in [0.3, 0.4) is 0 Å². The van der Waals surface area contributed by atoms with E-state index in [1.165, 1.54) is 5.56 Å². The third-order valence-electron chi connectivity index (χ3n) is 6.24. The smallest absolute Gasteiger partial charge is 0.338 e. The molecule has 8 heteroatoms. The number of carbonyl (C=O) groups excluding carboxylic acids is 1. The summed E-state index contributed by atoms with van der Waals surface area (Å²) in [5.74, 6) is 1.85. The molecular formula is C30H36N4O3S. The molecule has 1 atom stereocenters. The highest BCUT2D eigenvalue weighted by Gasteiger charge is 2.35. The predicted octanol–water partition coefficient (Wildman–Crippen LogP) is 6.67. The maximum atomic E-state index is 13.1. The molecule has 0 spiro atoms. The fourth-order valence-corrected chi connectivity index (χ4v) is 4.87. The molecule has 1 aliphatic heterocycles. The summed E-state index contributed by atoms with van der Waals surface area (Å²) < 4.78 is 13.3. The minimum atomic E-state index is -0.481. The van der Waals surface area contributed by atoms with Crippen molar-refractivity contribution in [3.05, 3.63) is 89.1 Å². The Morgan fingerprint density at radius 3 is 2.50 bits per heavy atom. The number of esters is 1. The van der Waals surface area contributed by atoms with Gasteiger partial charge < -0.3 is 14.8 Å². The van der Waals surface area contributed by atoms with E-state index in [1.54, 1.807) is 22.5 Å². The second-order valence-corrected chi connectivity index (χ2v) is 11.3. The molecule has 0 bridgehead atoms. The van der Waals surface area contributed by atoms with Gasteiger partial charge in [-0.1, -0.05) is 88.5 Å². The van der Waals surface area contributed by atoms with Crippen molar-refractivity contribution >= 4 is 23.7 Å². The summed E-state index contributed by atoms with van der Waals surface area (Å²) >= 11 is 1.59. The molecule has 1 N–H and O–H groups in total. The lowest BCUT2D eigenvalue weighted by Gasteiger charge is -2.28. The molecule has 1 unspecified atom stereocenters. The number of thioether (sulfide) groups is 1. The van der Waals surface area contributed by atoms with Crippen molar-refractivity contribution in [1.29, 1.82) is 0 Å². The molecule has 2 aromatic carbocycles. The first kappa shape index (κ1) is 27.5. The Labute approximate surface area is 229 Å². The van der Waals surface area contributed by atoms with Gasteiger partial charge in [0.1, 0.15) is 25.0 Å². The average molecular weight is 533 g/mol. The molecular weight excluding hydrogens is 496 g/mol. The molecule has 0 saturated carbocycles. The van der Waals surface area contributed by atoms with Gasteiger partial charge in [-0.05, 0) is 47.6 Å². The molecule has 3 aromatic rings. The number of hydrogen-bond donors (Lipinski definition) is 1. The zero-order valence-electron chi connectivity index (χ0n) is 22.8. The zero-order valence-corrected chi connectivity index (χ0v) is 23.6. The number of nitrogens with one attached hydrogen (secondary N) is 1. The van der Waals surface area contributed by atoms with Crippen molar-refractivity contribution in [2.45, 2.75) is 64.3 Å². The van der Waals surface area contributed by atoms with Crippen LogP contribution in [-0.2, 0) is 21.6 Å². The van der Waals surface area contributed by atoms with Crippen LogP contribution in [0, 0.1) is 0 Å². The van der Waals surface area contributed by atoms with E-state index in [-0.39, 0.29) is 12.0 Å². The summed E-state index contributed by atoms with van der Waals surface area (Å²) in [6.45, 7) is 14.9. The highest BCUT2D eigenvalue weighted by molar-refractivity contribution is 7.99. The Bertz CT molecular complexity index is 1300. The lowest BCUT2D eigenvalue weighted by atomic mass is 9.87. The van der Waals surface area contributed by atoms with Gasteiger partial charge in [0.25, 0.3) is 0 Å². The van der Waals surface area contributed by atoms with E-state index >= 15 is 0 Å². The number of benzene rings is 2. The van der Waals surface area contributed by atoms with Gasteiger partial charge in [0.05, 0.1) is 5.57 Å². The standard InChI is InChI=1S/C30H36N4O3S/c1-7-17-36-27(35)25-20(3)31-28-32-29(38-18-8-2)33-34(28)26(25)22-11-15-24(16-12-22)37-19-21-9-13-23(14-10-21)30(4,5)6/h7,9-16,26H,1,8,17-19H2,2-6H3,(H,31,32,33). The first-order chi connectivity index (χ1) is 18.2. The second-order valence-electron chi connectivity index (χ2n) is 10.3. The molecule has 4 rings (SSSR count). The van der Waals surface area contributed by atoms with Crippen molar-refractivity contribution in [1.82, 2.24) is 14.8 Å². The Kier molecular flexibility index (Phi) is 8.62. The monoisotopic (exact) mass is 532 g/mol. The number of aromatic nitrogens is 3. The van der Waals surface area contributed by atoms with Crippen LogP contribution in [0.5, 0.6) is 5.75 Å². The third-order valence-corrected chi connectivity index (χ3v) is 7.29. The number of hydrogen-bond acceptors (Lipinski definition) is 7. The molecule has 200 valence electrons. The molecule has 0 saturated heterocycles. The molecule has 38 heavy (non-hydrogen) atoms. The summed E-state index contributed by atoms with van der Waals surface area (Å²) in [5, 5.41) is 8.63. The first-order valence-electron chi connectivity index (χ1n) is 12.9. The maximum absolute atomic E-state index is 13.1. The number of fused-ring (bicyclic) bond motifs is 1. The molecule has 0 radical (unpaired) electrons. The minimum absolute atomic E-state index is 0.118. The Morgan fingerprint density at radius 2 is 1.87 bits per heavy atom. The van der Waals surface area contributed by atoms with Crippen molar-refractivity contribution < 1.29 is 14.3 Å². The number of ether oxygens (including phenoxy) is 2. The van der Waals surface area contributed by atoms with Crippen LogP contribution in [0.1, 0.15) is 63.8 Å². The van der Waals surface area contributed by atoms with Gasteiger partial charge in [0.2, 0.25) is 11.1 Å². The predicted molar refractivity (Wildman–Crippen MR) is 153 cm³/mol. The van der Waals surface area contributed by atoms with E-state index in [2.05, 4.69) is 68.8 Å². The highest BCUT2D eigenvalue weighted by Crippen LogP contribution is 2.37. The van der Waals surface area contributed by atoms with Crippen molar-refractivity contribution in [3.63, 3.8) is 0 Å². The number of nitrogens with zero attached hydrogens (tertiary/aromatic N) is 3. The van der Waals surface area contributed by atoms with Gasteiger partial charge in [-0.3, -0.25) is 0 Å². The maximum Gasteiger partial charge on any atom is 0.338 e. The van der Waals surface area contributed by atoms with Crippen LogP contribution in [0.15, 0.2) is 77.6 Å². The molecule has 0 fully saturated rings. The van der Waals surface area contributed by atoms with E-state index in [4.69, 9.17) is 14.6 Å². The third kappa shape index (κ3) is 6.30. The molecule has 0 aliphatic carbocycles. The van der Waals surface area contributed by atoms with Crippen LogP contribution in [0.4, 0.5) is 5.95 Å². The zero-order chi connectivity index (χ0) is 27.3. The van der Waals surface area contributed by atoms with E-state index in [1.807, 2.05) is 31.2 Å². The van der Waals surface area contributed by atoms with Crippen LogP contribution in [0.25, 0.3) is 0 Å². The lowest BCUT2D eigenvalue weighted by Crippen LogP contribution is -2.29. The lowest BCUT2D eigenvalue weighted by molar-refractivity contribution is -0.138. The Hall–Kier alpha value is -3.52. The van der Waals surface area contributed by atoms with Crippen LogP contribution < -0.4 is 10.1 Å². The SMILES string of the molecule is C=CCOC(=O)C1=C(C)Nc2nc(SCCC)nn2C1c1ccc(OCc2ccc(C(C)(C)C)cc2)cc1. The van der Waals surface area contributed by atoms with E-state index in [0.717, 1.165) is 29.1 Å². The Morgan fingerprint density at radius 1 is 1.16 bits per heavy atom. The number of allylic oxidation sites excluding steroid dienone is 1. The van der Waals surface area contributed by atoms with Crippen molar-refractivity contribution in [3.8, 4) is 5.75 Å². The normalized spacial score (nSPS) is 15.0. The molecule has 0 amide bonds. The average Bonchev–Trinajstić information content (AvgIpc) is 3.31. The van der Waals surface area contributed by atoms with Crippen LogP contribution in [0.2, 0.25) is 0 Å². The van der Waals surface area contributed by atoms with E-state index in [0.29, 0.717) is 29.0 Å². The van der Waals surface area contributed by atoms with Gasteiger partial charge in [0, 0.05) is 11.4 Å². The fourth-order valence-electron chi connectivity index (χ4n) is 4.18. The van der Waals surface area contributed by atoms with Crippen molar-refractivity contribution in [2.75, 3.05) is 17.7 Å². The quantitative estimate of drug-likeness (QED) is 0.177.